The summed E-state index contributed by atoms with van der Waals surface area (Å²) in [6, 6.07) is 0.795. The first-order chi connectivity index (χ1) is 5.59. The van der Waals surface area contributed by atoms with Crippen molar-refractivity contribution >= 4 is 0 Å². The average molecular weight is 170 g/mol. The average Bonchev–Trinajstić information content (AvgIpc) is 1.96. The van der Waals surface area contributed by atoms with Crippen LogP contribution in [0.4, 0.5) is 0 Å². The van der Waals surface area contributed by atoms with Gasteiger partial charge >= 0.3 is 0 Å². The minimum absolute atomic E-state index is 0.795. The summed E-state index contributed by atoms with van der Waals surface area (Å²) in [4.78, 5) is 4.78. The molecule has 72 valence electrons. The van der Waals surface area contributed by atoms with Crippen LogP contribution >= 0.6 is 0 Å². The zero-order valence-electron chi connectivity index (χ0n) is 8.88. The second kappa shape index (κ2) is 4.24. The van der Waals surface area contributed by atoms with E-state index in [0.29, 0.717) is 0 Å². The van der Waals surface area contributed by atoms with Gasteiger partial charge in [-0.1, -0.05) is 0 Å². The summed E-state index contributed by atoms with van der Waals surface area (Å²) in [5, 5.41) is 0. The van der Waals surface area contributed by atoms with Crippen molar-refractivity contribution in [3.8, 4) is 0 Å². The summed E-state index contributed by atoms with van der Waals surface area (Å²) in [6.45, 7) is 4.85. The van der Waals surface area contributed by atoms with Crippen LogP contribution in [0.25, 0.3) is 0 Å². The summed E-state index contributed by atoms with van der Waals surface area (Å²) in [5.74, 6) is 0.890. The molecule has 0 aromatic heterocycles. The molecule has 1 aliphatic rings. The highest BCUT2D eigenvalue weighted by atomic mass is 15.1. The van der Waals surface area contributed by atoms with Gasteiger partial charge in [0.05, 0.1) is 0 Å². The third-order valence-electron chi connectivity index (χ3n) is 2.91. The SMILES string of the molecule is CC1CCC(CN(C)C)CN1C. The Labute approximate surface area is 76.5 Å². The lowest BCUT2D eigenvalue weighted by Crippen LogP contribution is -2.41. The van der Waals surface area contributed by atoms with Crippen LogP contribution in [-0.4, -0.2) is 50.1 Å². The predicted octanol–water partition coefficient (Wildman–Crippen LogP) is 1.28. The fourth-order valence-electron chi connectivity index (χ4n) is 2.04. The van der Waals surface area contributed by atoms with Crippen molar-refractivity contribution in [2.45, 2.75) is 25.8 Å². The Kier molecular flexibility index (Phi) is 3.53. The molecule has 0 amide bonds. The van der Waals surface area contributed by atoms with E-state index in [2.05, 4.69) is 37.9 Å². The maximum Gasteiger partial charge on any atom is 0.00641 e. The molecule has 0 radical (unpaired) electrons. The molecule has 0 aromatic carbocycles. The summed E-state index contributed by atoms with van der Waals surface area (Å²) in [6.07, 6.45) is 2.78. The lowest BCUT2D eigenvalue weighted by molar-refractivity contribution is 0.130. The van der Waals surface area contributed by atoms with Gasteiger partial charge < -0.3 is 9.80 Å². The minimum atomic E-state index is 0.795. The molecule has 2 nitrogen and oxygen atoms in total. The summed E-state index contributed by atoms with van der Waals surface area (Å²) in [7, 11) is 6.57. The van der Waals surface area contributed by atoms with E-state index in [1.165, 1.54) is 25.9 Å². The molecule has 1 heterocycles. The van der Waals surface area contributed by atoms with Crippen molar-refractivity contribution in [1.82, 2.24) is 9.80 Å². The Hall–Kier alpha value is -0.0800. The van der Waals surface area contributed by atoms with Gasteiger partial charge in [0.1, 0.15) is 0 Å². The van der Waals surface area contributed by atoms with Crippen molar-refractivity contribution in [1.29, 1.82) is 0 Å². The highest BCUT2D eigenvalue weighted by Gasteiger charge is 2.22. The Morgan fingerprint density at radius 2 is 2.00 bits per heavy atom. The van der Waals surface area contributed by atoms with E-state index in [0.717, 1.165) is 12.0 Å². The molecule has 1 saturated heterocycles. The molecule has 2 atom stereocenters. The number of nitrogens with zero attached hydrogens (tertiary/aromatic N) is 2. The van der Waals surface area contributed by atoms with Gasteiger partial charge in [-0.15, -0.1) is 0 Å². The highest BCUT2D eigenvalue weighted by molar-refractivity contribution is 4.77. The molecule has 1 fully saturated rings. The van der Waals surface area contributed by atoms with Gasteiger partial charge in [-0.25, -0.2) is 0 Å². The van der Waals surface area contributed by atoms with E-state index in [-0.39, 0.29) is 0 Å². The topological polar surface area (TPSA) is 6.48 Å². The first-order valence-corrected chi connectivity index (χ1v) is 4.94. The van der Waals surface area contributed by atoms with Crippen LogP contribution in [0.2, 0.25) is 0 Å². The molecule has 1 aliphatic heterocycles. The third kappa shape index (κ3) is 2.76. The molecule has 2 heteroatoms. The standard InChI is InChI=1S/C10H22N2/c1-9-5-6-10(7-11(2)3)8-12(9)4/h9-10H,5-8H2,1-4H3. The van der Waals surface area contributed by atoms with E-state index in [4.69, 9.17) is 0 Å². The molecular weight excluding hydrogens is 148 g/mol. The predicted molar refractivity (Wildman–Crippen MR) is 53.4 cm³/mol. The lowest BCUT2D eigenvalue weighted by Gasteiger charge is -2.36. The summed E-state index contributed by atoms with van der Waals surface area (Å²) >= 11 is 0. The molecule has 1 rings (SSSR count). The first kappa shape index (κ1) is 10.0. The minimum Gasteiger partial charge on any atom is -0.309 e. The van der Waals surface area contributed by atoms with Gasteiger partial charge in [-0.05, 0) is 46.8 Å². The lowest BCUT2D eigenvalue weighted by atomic mass is 9.94. The van der Waals surface area contributed by atoms with Crippen LogP contribution < -0.4 is 0 Å². The maximum absolute atomic E-state index is 2.48. The fourth-order valence-corrected chi connectivity index (χ4v) is 2.04. The van der Waals surface area contributed by atoms with Gasteiger partial charge in [-0.3, -0.25) is 0 Å². The van der Waals surface area contributed by atoms with Crippen LogP contribution in [0.5, 0.6) is 0 Å². The van der Waals surface area contributed by atoms with Crippen LogP contribution in [0.15, 0.2) is 0 Å². The van der Waals surface area contributed by atoms with Crippen LogP contribution in [0, 0.1) is 5.92 Å². The normalized spacial score (nSPS) is 32.8. The van der Waals surface area contributed by atoms with E-state index in [1.807, 2.05) is 0 Å². The Balaban J connectivity index is 2.30. The van der Waals surface area contributed by atoms with E-state index in [9.17, 15) is 0 Å². The second-order valence-corrected chi connectivity index (χ2v) is 4.49. The van der Waals surface area contributed by atoms with Crippen molar-refractivity contribution in [3.05, 3.63) is 0 Å². The molecule has 0 N–H and O–H groups in total. The Morgan fingerprint density at radius 1 is 1.33 bits per heavy atom. The number of piperidine rings is 1. The second-order valence-electron chi connectivity index (χ2n) is 4.49. The van der Waals surface area contributed by atoms with E-state index < -0.39 is 0 Å². The van der Waals surface area contributed by atoms with Crippen molar-refractivity contribution in [2.24, 2.45) is 5.92 Å². The quantitative estimate of drug-likeness (QED) is 0.616. The number of likely N-dealkylation sites (tertiary alicyclic amines) is 1. The molecule has 0 aromatic rings. The molecule has 2 unspecified atom stereocenters. The van der Waals surface area contributed by atoms with Crippen molar-refractivity contribution < 1.29 is 0 Å². The van der Waals surface area contributed by atoms with Gasteiger partial charge in [0, 0.05) is 19.1 Å². The highest BCUT2D eigenvalue weighted by Crippen LogP contribution is 2.20. The Bertz CT molecular complexity index is 134. The van der Waals surface area contributed by atoms with Gasteiger partial charge in [0.25, 0.3) is 0 Å². The zero-order chi connectivity index (χ0) is 9.14. The molecule has 0 spiro atoms. The molecule has 12 heavy (non-hydrogen) atoms. The Morgan fingerprint density at radius 3 is 2.50 bits per heavy atom. The van der Waals surface area contributed by atoms with Crippen molar-refractivity contribution in [3.63, 3.8) is 0 Å². The van der Waals surface area contributed by atoms with Gasteiger partial charge in [0.2, 0.25) is 0 Å². The molecular formula is C10H22N2. The number of hydrogen-bond donors (Lipinski definition) is 0. The monoisotopic (exact) mass is 170 g/mol. The number of rotatable bonds is 2. The smallest absolute Gasteiger partial charge is 0.00641 e. The first-order valence-electron chi connectivity index (χ1n) is 4.94. The van der Waals surface area contributed by atoms with Gasteiger partial charge in [0.15, 0.2) is 0 Å². The fraction of sp³-hybridized carbons (Fsp3) is 1.00. The number of hydrogen-bond acceptors (Lipinski definition) is 2. The largest absolute Gasteiger partial charge is 0.309 e. The van der Waals surface area contributed by atoms with E-state index >= 15 is 0 Å². The van der Waals surface area contributed by atoms with Crippen LogP contribution in [-0.2, 0) is 0 Å². The maximum atomic E-state index is 2.48. The molecule has 0 aliphatic carbocycles. The summed E-state index contributed by atoms with van der Waals surface area (Å²) < 4.78 is 0. The van der Waals surface area contributed by atoms with Crippen LogP contribution in [0.3, 0.4) is 0 Å². The van der Waals surface area contributed by atoms with Crippen molar-refractivity contribution in [2.75, 3.05) is 34.2 Å². The third-order valence-corrected chi connectivity index (χ3v) is 2.91. The molecule has 0 saturated carbocycles. The van der Waals surface area contributed by atoms with Gasteiger partial charge in [-0.2, -0.15) is 0 Å². The zero-order valence-corrected chi connectivity index (χ0v) is 8.88. The molecule has 0 bridgehead atoms. The summed E-state index contributed by atoms with van der Waals surface area (Å²) in [5.41, 5.74) is 0. The van der Waals surface area contributed by atoms with E-state index in [1.54, 1.807) is 0 Å². The van der Waals surface area contributed by atoms with Crippen LogP contribution in [0.1, 0.15) is 19.8 Å².